The predicted molar refractivity (Wildman–Crippen MR) is 133 cm³/mol. The van der Waals surface area contributed by atoms with Crippen LogP contribution in [0.5, 0.6) is 5.75 Å². The first-order chi connectivity index (χ1) is 16.9. The van der Waals surface area contributed by atoms with Crippen LogP contribution in [0.1, 0.15) is 55.6 Å². The van der Waals surface area contributed by atoms with Crippen LogP contribution in [0, 0.1) is 5.92 Å². The van der Waals surface area contributed by atoms with Gasteiger partial charge in [-0.15, -0.1) is 0 Å². The summed E-state index contributed by atoms with van der Waals surface area (Å²) in [7, 11) is 1.62. The maximum atomic E-state index is 14.0. The lowest BCUT2D eigenvalue weighted by atomic mass is 9.85. The Morgan fingerprint density at radius 2 is 1.89 bits per heavy atom. The molecule has 7 heteroatoms. The number of fused-ring (bicyclic) bond motifs is 1. The fourth-order valence-electron chi connectivity index (χ4n) is 5.52. The average molecular weight is 476 g/mol. The number of carbonyl (C=O) groups excluding carboxylic acids is 2. The van der Waals surface area contributed by atoms with Crippen LogP contribution in [0.4, 0.5) is 0 Å². The van der Waals surface area contributed by atoms with Crippen molar-refractivity contribution < 1.29 is 18.7 Å². The molecule has 0 bridgehead atoms. The van der Waals surface area contributed by atoms with Crippen molar-refractivity contribution in [1.29, 1.82) is 0 Å². The van der Waals surface area contributed by atoms with Crippen LogP contribution in [-0.4, -0.2) is 40.0 Å². The van der Waals surface area contributed by atoms with Crippen molar-refractivity contribution in [2.75, 3.05) is 7.11 Å². The van der Waals surface area contributed by atoms with Gasteiger partial charge in [-0.25, -0.2) is 0 Å². The van der Waals surface area contributed by atoms with Gasteiger partial charge in [0.25, 0.3) is 5.91 Å². The number of hydrogen-bond acceptors (Lipinski definition) is 4. The number of benzene rings is 1. The van der Waals surface area contributed by atoms with E-state index < -0.39 is 5.54 Å². The minimum atomic E-state index is -1.09. The Morgan fingerprint density at radius 3 is 2.63 bits per heavy atom. The Hall–Kier alpha value is -3.48. The lowest BCUT2D eigenvalue weighted by Gasteiger charge is -2.45. The number of carbonyl (C=O) groups is 2. The molecule has 1 aromatic carbocycles. The maximum Gasteiger partial charge on any atom is 0.271 e. The number of aromatic nitrogens is 1. The highest BCUT2D eigenvalue weighted by Gasteiger charge is 2.48. The maximum absolute atomic E-state index is 14.0. The molecule has 3 heterocycles. The standard InChI is InChI=1S/C28H33N3O4/c1-19-9-4-6-11-21(19)29-27(33)28(2)18-30-22(25-13-8-16-35-25)14-15-23(30)26(32)31(28)17-20-10-5-7-12-24(20)34-3/h5,7-8,10,12-16,19,21H,4,6,9,11,17-18H2,1-3H3,(H,29,33)/t19-,21+,28+/m0/s1. The van der Waals surface area contributed by atoms with E-state index >= 15 is 0 Å². The molecule has 1 aliphatic heterocycles. The summed E-state index contributed by atoms with van der Waals surface area (Å²) < 4.78 is 13.1. The fourth-order valence-corrected chi connectivity index (χ4v) is 5.52. The number of methoxy groups -OCH3 is 1. The van der Waals surface area contributed by atoms with Gasteiger partial charge in [0.05, 0.1) is 32.2 Å². The molecular weight excluding hydrogens is 442 g/mol. The van der Waals surface area contributed by atoms with Crippen LogP contribution >= 0.6 is 0 Å². The molecule has 3 aromatic rings. The number of hydrogen-bond donors (Lipinski definition) is 1. The molecule has 5 rings (SSSR count). The molecule has 3 atom stereocenters. The second kappa shape index (κ2) is 9.29. The van der Waals surface area contributed by atoms with Crippen LogP contribution in [0.2, 0.25) is 0 Å². The molecule has 0 spiro atoms. The minimum Gasteiger partial charge on any atom is -0.496 e. The Bertz CT molecular complexity index is 1210. The molecule has 184 valence electrons. The first-order valence-corrected chi connectivity index (χ1v) is 12.4. The van der Waals surface area contributed by atoms with Gasteiger partial charge in [0.1, 0.15) is 22.7 Å². The Morgan fingerprint density at radius 1 is 1.11 bits per heavy atom. The van der Waals surface area contributed by atoms with Crippen molar-refractivity contribution in [3.05, 3.63) is 66.1 Å². The van der Waals surface area contributed by atoms with Crippen LogP contribution in [0.3, 0.4) is 0 Å². The lowest BCUT2D eigenvalue weighted by Crippen LogP contribution is -2.65. The minimum absolute atomic E-state index is 0.117. The van der Waals surface area contributed by atoms with Crippen molar-refractivity contribution in [3.8, 4) is 17.2 Å². The third-order valence-corrected chi connectivity index (χ3v) is 7.72. The van der Waals surface area contributed by atoms with E-state index in [1.807, 2.05) is 60.0 Å². The van der Waals surface area contributed by atoms with Gasteiger partial charge in [0.15, 0.2) is 0 Å². The summed E-state index contributed by atoms with van der Waals surface area (Å²) in [5, 5.41) is 3.32. The first kappa shape index (κ1) is 23.3. The molecule has 35 heavy (non-hydrogen) atoms. The number of nitrogens with zero attached hydrogens (tertiary/aromatic N) is 2. The second-order valence-electron chi connectivity index (χ2n) is 9.99. The van der Waals surface area contributed by atoms with Gasteiger partial charge in [-0.1, -0.05) is 38.0 Å². The summed E-state index contributed by atoms with van der Waals surface area (Å²) >= 11 is 0. The van der Waals surface area contributed by atoms with Crippen LogP contribution in [0.25, 0.3) is 11.5 Å². The number of ether oxygens (including phenoxy) is 1. The summed E-state index contributed by atoms with van der Waals surface area (Å²) in [5.74, 6) is 1.48. The highest BCUT2D eigenvalue weighted by atomic mass is 16.5. The number of furan rings is 1. The highest BCUT2D eigenvalue weighted by Crippen LogP contribution is 2.36. The van der Waals surface area contributed by atoms with E-state index in [9.17, 15) is 9.59 Å². The molecule has 2 aliphatic rings. The number of amides is 2. The zero-order valence-corrected chi connectivity index (χ0v) is 20.6. The van der Waals surface area contributed by atoms with Crippen LogP contribution in [-0.2, 0) is 17.9 Å². The molecule has 0 saturated heterocycles. The van der Waals surface area contributed by atoms with Gasteiger partial charge in [-0.3, -0.25) is 9.59 Å². The highest BCUT2D eigenvalue weighted by molar-refractivity contribution is 6.00. The summed E-state index contributed by atoms with van der Waals surface area (Å²) in [4.78, 5) is 29.6. The molecule has 0 unspecified atom stereocenters. The average Bonchev–Trinajstić information content (AvgIpc) is 3.53. The first-order valence-electron chi connectivity index (χ1n) is 12.4. The molecule has 1 fully saturated rings. The summed E-state index contributed by atoms with van der Waals surface area (Å²) in [6.07, 6.45) is 6.00. The van der Waals surface area contributed by atoms with Crippen molar-refractivity contribution in [1.82, 2.24) is 14.8 Å². The van der Waals surface area contributed by atoms with E-state index in [0.717, 1.165) is 30.5 Å². The quantitative estimate of drug-likeness (QED) is 0.552. The van der Waals surface area contributed by atoms with Crippen molar-refractivity contribution in [3.63, 3.8) is 0 Å². The normalized spacial score (nSPS) is 24.2. The topological polar surface area (TPSA) is 76.7 Å². The van der Waals surface area contributed by atoms with Crippen molar-refractivity contribution in [2.24, 2.45) is 5.92 Å². The Balaban J connectivity index is 1.55. The molecule has 2 aromatic heterocycles. The molecule has 1 N–H and O–H groups in total. The third kappa shape index (κ3) is 4.13. The molecule has 2 amide bonds. The molecule has 1 aliphatic carbocycles. The van der Waals surface area contributed by atoms with Crippen molar-refractivity contribution >= 4 is 11.8 Å². The van der Waals surface area contributed by atoms with E-state index in [0.29, 0.717) is 29.7 Å². The summed E-state index contributed by atoms with van der Waals surface area (Å²) in [6.45, 7) is 4.68. The van der Waals surface area contributed by atoms with E-state index in [1.165, 1.54) is 6.42 Å². The number of rotatable bonds is 6. The van der Waals surface area contributed by atoms with Gasteiger partial charge in [-0.2, -0.15) is 0 Å². The Labute approximate surface area is 206 Å². The van der Waals surface area contributed by atoms with E-state index in [-0.39, 0.29) is 24.4 Å². The third-order valence-electron chi connectivity index (χ3n) is 7.72. The number of nitrogens with one attached hydrogen (secondary N) is 1. The van der Waals surface area contributed by atoms with Crippen LogP contribution < -0.4 is 10.1 Å². The second-order valence-corrected chi connectivity index (χ2v) is 9.99. The van der Waals surface area contributed by atoms with E-state index in [2.05, 4.69) is 12.2 Å². The monoisotopic (exact) mass is 475 g/mol. The fraction of sp³-hybridized carbons (Fsp3) is 0.429. The zero-order chi connectivity index (χ0) is 24.6. The molecule has 7 nitrogen and oxygen atoms in total. The zero-order valence-electron chi connectivity index (χ0n) is 20.6. The SMILES string of the molecule is COc1ccccc1CN1C(=O)c2ccc(-c3ccco3)n2C[C@]1(C)C(=O)N[C@@H]1CCCC[C@@H]1C. The molecular formula is C28H33N3O4. The van der Waals surface area contributed by atoms with Gasteiger partial charge < -0.3 is 23.9 Å². The summed E-state index contributed by atoms with van der Waals surface area (Å²) in [6, 6.07) is 15.2. The lowest BCUT2D eigenvalue weighted by molar-refractivity contribution is -0.134. The van der Waals surface area contributed by atoms with Gasteiger partial charge in [0, 0.05) is 11.6 Å². The summed E-state index contributed by atoms with van der Waals surface area (Å²) in [5.41, 5.74) is 1.10. The molecule has 1 saturated carbocycles. The van der Waals surface area contributed by atoms with Gasteiger partial charge in [0.2, 0.25) is 5.91 Å². The largest absolute Gasteiger partial charge is 0.496 e. The van der Waals surface area contributed by atoms with E-state index in [4.69, 9.17) is 9.15 Å². The van der Waals surface area contributed by atoms with Gasteiger partial charge in [-0.05, 0) is 56.0 Å². The predicted octanol–water partition coefficient (Wildman–Crippen LogP) is 4.87. The van der Waals surface area contributed by atoms with E-state index in [1.54, 1.807) is 18.3 Å². The molecule has 0 radical (unpaired) electrons. The van der Waals surface area contributed by atoms with Crippen LogP contribution in [0.15, 0.2) is 59.2 Å². The van der Waals surface area contributed by atoms with Gasteiger partial charge >= 0.3 is 0 Å². The number of para-hydroxylation sites is 1. The van der Waals surface area contributed by atoms with Crippen molar-refractivity contribution in [2.45, 2.75) is 64.2 Å². The smallest absolute Gasteiger partial charge is 0.271 e. The Kier molecular flexibility index (Phi) is 6.17.